The highest BCUT2D eigenvalue weighted by molar-refractivity contribution is 7.91. The van der Waals surface area contributed by atoms with Gasteiger partial charge in [-0.25, -0.2) is 13.4 Å². The predicted octanol–water partition coefficient (Wildman–Crippen LogP) is 0.976. The predicted molar refractivity (Wildman–Crippen MR) is 62.9 cm³/mol. The Morgan fingerprint density at radius 3 is 2.80 bits per heavy atom. The van der Waals surface area contributed by atoms with Gasteiger partial charge in [-0.3, -0.25) is 0 Å². The van der Waals surface area contributed by atoms with E-state index in [1.165, 1.54) is 0 Å². The van der Waals surface area contributed by atoms with Crippen LogP contribution >= 0.6 is 11.3 Å². The second kappa shape index (κ2) is 5.58. The largest absolute Gasteiger partial charge is 0.311 e. The van der Waals surface area contributed by atoms with E-state index >= 15 is 0 Å². The van der Waals surface area contributed by atoms with Crippen LogP contribution in [0.5, 0.6) is 0 Å². The number of thiazole rings is 1. The molecule has 1 N–H and O–H groups in total. The average molecular weight is 248 g/mol. The average Bonchev–Trinajstić information content (AvgIpc) is 2.59. The lowest BCUT2D eigenvalue weighted by Gasteiger charge is -2.02. The molecule has 0 unspecified atom stereocenters. The van der Waals surface area contributed by atoms with Crippen molar-refractivity contribution in [3.63, 3.8) is 0 Å². The third-order valence-corrected chi connectivity index (χ3v) is 4.62. The molecular weight excluding hydrogens is 232 g/mol. The molecule has 15 heavy (non-hydrogen) atoms. The van der Waals surface area contributed by atoms with Crippen LogP contribution in [0.3, 0.4) is 0 Å². The lowest BCUT2D eigenvalue weighted by molar-refractivity contribution is 0.592. The van der Waals surface area contributed by atoms with E-state index in [-0.39, 0.29) is 11.5 Å². The molecule has 1 rings (SSSR count). The number of nitrogens with one attached hydrogen (secondary N) is 1. The van der Waals surface area contributed by atoms with Gasteiger partial charge in [-0.05, 0) is 6.92 Å². The molecule has 0 atom stereocenters. The van der Waals surface area contributed by atoms with Crippen molar-refractivity contribution in [3.05, 3.63) is 16.1 Å². The number of hydrogen-bond donors (Lipinski definition) is 1. The van der Waals surface area contributed by atoms with Gasteiger partial charge in [-0.2, -0.15) is 0 Å². The minimum atomic E-state index is -2.84. The SMILES string of the molecule is CCS(=O)(=O)CCNCc1cnc(C)s1. The third-order valence-electron chi connectivity index (χ3n) is 2.00. The van der Waals surface area contributed by atoms with Crippen molar-refractivity contribution in [2.24, 2.45) is 0 Å². The maximum absolute atomic E-state index is 11.2. The summed E-state index contributed by atoms with van der Waals surface area (Å²) in [6.45, 7) is 4.83. The molecule has 0 aromatic carbocycles. The highest BCUT2D eigenvalue weighted by Crippen LogP contribution is 2.10. The minimum Gasteiger partial charge on any atom is -0.311 e. The number of aromatic nitrogens is 1. The Labute approximate surface area is 94.7 Å². The maximum atomic E-state index is 11.2. The Hall–Kier alpha value is -0.460. The molecule has 1 aromatic rings. The van der Waals surface area contributed by atoms with Crippen molar-refractivity contribution in [3.8, 4) is 0 Å². The van der Waals surface area contributed by atoms with Gasteiger partial charge in [0.25, 0.3) is 0 Å². The van der Waals surface area contributed by atoms with E-state index < -0.39 is 9.84 Å². The molecule has 0 saturated carbocycles. The molecule has 0 aliphatic rings. The van der Waals surface area contributed by atoms with E-state index in [4.69, 9.17) is 0 Å². The summed E-state index contributed by atoms with van der Waals surface area (Å²) in [5.74, 6) is 0.426. The van der Waals surface area contributed by atoms with Crippen LogP contribution in [0.4, 0.5) is 0 Å². The van der Waals surface area contributed by atoms with Crippen molar-refractivity contribution in [2.75, 3.05) is 18.1 Å². The second-order valence-corrected chi connectivity index (χ2v) is 7.05. The van der Waals surface area contributed by atoms with Gasteiger partial charge in [-0.1, -0.05) is 6.92 Å². The molecule has 0 amide bonds. The summed E-state index contributed by atoms with van der Waals surface area (Å²) < 4.78 is 22.3. The maximum Gasteiger partial charge on any atom is 0.151 e. The molecule has 0 saturated heterocycles. The van der Waals surface area contributed by atoms with Crippen molar-refractivity contribution in [2.45, 2.75) is 20.4 Å². The van der Waals surface area contributed by atoms with Crippen molar-refractivity contribution < 1.29 is 8.42 Å². The van der Waals surface area contributed by atoms with Gasteiger partial charge in [0.15, 0.2) is 9.84 Å². The Morgan fingerprint density at radius 1 is 1.53 bits per heavy atom. The van der Waals surface area contributed by atoms with Gasteiger partial charge in [0.1, 0.15) is 0 Å². The number of sulfone groups is 1. The lowest BCUT2D eigenvalue weighted by Crippen LogP contribution is -2.23. The molecular formula is C9H16N2O2S2. The fourth-order valence-corrected chi connectivity index (χ4v) is 2.58. The zero-order valence-corrected chi connectivity index (χ0v) is 10.6. The summed E-state index contributed by atoms with van der Waals surface area (Å²) in [6.07, 6.45) is 1.82. The van der Waals surface area contributed by atoms with E-state index in [9.17, 15) is 8.42 Å². The van der Waals surface area contributed by atoms with Gasteiger partial charge in [-0.15, -0.1) is 11.3 Å². The number of aryl methyl sites for hydroxylation is 1. The van der Waals surface area contributed by atoms with Crippen LogP contribution in [0.15, 0.2) is 6.20 Å². The van der Waals surface area contributed by atoms with Crippen LogP contribution < -0.4 is 5.32 Å². The monoisotopic (exact) mass is 248 g/mol. The molecule has 0 aliphatic carbocycles. The van der Waals surface area contributed by atoms with Crippen LogP contribution in [0, 0.1) is 6.92 Å². The van der Waals surface area contributed by atoms with E-state index in [2.05, 4.69) is 10.3 Å². The Bertz CT molecular complexity index is 398. The summed E-state index contributed by atoms with van der Waals surface area (Å²) in [5.41, 5.74) is 0. The second-order valence-electron chi connectivity index (χ2n) is 3.26. The van der Waals surface area contributed by atoms with Crippen molar-refractivity contribution in [1.82, 2.24) is 10.3 Å². The summed E-state index contributed by atoms with van der Waals surface area (Å²) in [7, 11) is -2.84. The Morgan fingerprint density at radius 2 is 2.27 bits per heavy atom. The zero-order chi connectivity index (χ0) is 11.3. The van der Waals surface area contributed by atoms with Gasteiger partial charge in [0.2, 0.25) is 0 Å². The van der Waals surface area contributed by atoms with Gasteiger partial charge < -0.3 is 5.32 Å². The molecule has 0 fully saturated rings. The molecule has 1 heterocycles. The molecule has 86 valence electrons. The smallest absolute Gasteiger partial charge is 0.151 e. The van der Waals surface area contributed by atoms with Gasteiger partial charge >= 0.3 is 0 Å². The molecule has 0 radical (unpaired) electrons. The first-order chi connectivity index (χ1) is 7.03. The highest BCUT2D eigenvalue weighted by Gasteiger charge is 2.06. The number of hydrogen-bond acceptors (Lipinski definition) is 5. The summed E-state index contributed by atoms with van der Waals surface area (Å²) in [4.78, 5) is 5.26. The zero-order valence-electron chi connectivity index (χ0n) is 8.99. The molecule has 0 aliphatic heterocycles. The molecule has 0 bridgehead atoms. The normalized spacial score (nSPS) is 11.9. The van der Waals surface area contributed by atoms with Crippen LogP contribution in [-0.2, 0) is 16.4 Å². The minimum absolute atomic E-state index is 0.210. The first-order valence-electron chi connectivity index (χ1n) is 4.86. The van der Waals surface area contributed by atoms with E-state index in [1.54, 1.807) is 18.3 Å². The molecule has 0 spiro atoms. The first-order valence-corrected chi connectivity index (χ1v) is 7.50. The fraction of sp³-hybridized carbons (Fsp3) is 0.667. The topological polar surface area (TPSA) is 59.1 Å². The molecule has 6 heteroatoms. The standard InChI is InChI=1S/C9H16N2O2S2/c1-3-15(12,13)5-4-10-6-9-7-11-8(2)14-9/h7,10H,3-6H2,1-2H3. The van der Waals surface area contributed by atoms with Crippen molar-refractivity contribution in [1.29, 1.82) is 0 Å². The summed E-state index contributed by atoms with van der Waals surface area (Å²) >= 11 is 1.63. The summed E-state index contributed by atoms with van der Waals surface area (Å²) in [6, 6.07) is 0. The van der Waals surface area contributed by atoms with Crippen LogP contribution in [0.1, 0.15) is 16.8 Å². The Kier molecular flexibility index (Phi) is 4.69. The first kappa shape index (κ1) is 12.6. The van der Waals surface area contributed by atoms with Gasteiger partial charge in [0.05, 0.1) is 10.8 Å². The van der Waals surface area contributed by atoms with E-state index in [0.717, 1.165) is 9.88 Å². The van der Waals surface area contributed by atoms with Crippen molar-refractivity contribution >= 4 is 21.2 Å². The lowest BCUT2D eigenvalue weighted by atomic mass is 10.5. The van der Waals surface area contributed by atoms with Crippen LogP contribution in [0.2, 0.25) is 0 Å². The fourth-order valence-electron chi connectivity index (χ4n) is 1.07. The van der Waals surface area contributed by atoms with E-state index in [0.29, 0.717) is 13.1 Å². The quantitative estimate of drug-likeness (QED) is 0.762. The third kappa shape index (κ3) is 4.72. The van der Waals surface area contributed by atoms with Crippen LogP contribution in [-0.4, -0.2) is 31.5 Å². The van der Waals surface area contributed by atoms with Gasteiger partial charge in [0, 0.05) is 29.9 Å². The summed E-state index contributed by atoms with van der Waals surface area (Å²) in [5, 5.41) is 4.13. The highest BCUT2D eigenvalue weighted by atomic mass is 32.2. The number of nitrogens with zero attached hydrogens (tertiary/aromatic N) is 1. The van der Waals surface area contributed by atoms with Crippen LogP contribution in [0.25, 0.3) is 0 Å². The molecule has 1 aromatic heterocycles. The number of rotatable bonds is 6. The van der Waals surface area contributed by atoms with E-state index in [1.807, 2.05) is 13.1 Å². The Balaban J connectivity index is 2.23. The molecule has 4 nitrogen and oxygen atoms in total.